The van der Waals surface area contributed by atoms with Crippen LogP contribution in [0.5, 0.6) is 0 Å². The van der Waals surface area contributed by atoms with Crippen molar-refractivity contribution in [2.24, 2.45) is 0 Å². The topological polar surface area (TPSA) is 41.6 Å². The van der Waals surface area contributed by atoms with Crippen LogP contribution < -0.4 is 5.32 Å². The summed E-state index contributed by atoms with van der Waals surface area (Å²) >= 11 is 0. The molecule has 1 N–H and O–H groups in total. The molecule has 1 atom stereocenters. The Morgan fingerprint density at radius 2 is 2.44 bits per heavy atom. The summed E-state index contributed by atoms with van der Waals surface area (Å²) in [7, 11) is 2.00. The molecule has 0 aromatic heterocycles. The molecule has 1 heterocycles. The molecular weight excluding hydrogens is 204 g/mol. The number of piperidine rings is 1. The van der Waals surface area contributed by atoms with Crippen molar-refractivity contribution in [2.75, 3.05) is 33.3 Å². The first-order chi connectivity index (χ1) is 7.64. The van der Waals surface area contributed by atoms with Gasteiger partial charge in [-0.05, 0) is 33.4 Å². The molecule has 0 saturated carbocycles. The zero-order chi connectivity index (χ0) is 12.0. The Morgan fingerprint density at radius 3 is 3.00 bits per heavy atom. The van der Waals surface area contributed by atoms with Crippen molar-refractivity contribution < 1.29 is 9.53 Å². The fraction of sp³-hybridized carbons (Fsp3) is 0.750. The van der Waals surface area contributed by atoms with Gasteiger partial charge in [0.1, 0.15) is 5.54 Å². The Hall–Kier alpha value is -1.05. The van der Waals surface area contributed by atoms with Crippen molar-refractivity contribution in [3.8, 4) is 12.3 Å². The number of likely N-dealkylation sites (N-methyl/N-ethyl adjacent to an activating group) is 1. The Balaban J connectivity index is 2.74. The van der Waals surface area contributed by atoms with E-state index in [0.717, 1.165) is 19.4 Å². The maximum atomic E-state index is 12.0. The van der Waals surface area contributed by atoms with Crippen LogP contribution in [0.1, 0.15) is 19.8 Å². The van der Waals surface area contributed by atoms with Gasteiger partial charge in [-0.2, -0.15) is 0 Å². The van der Waals surface area contributed by atoms with Crippen molar-refractivity contribution >= 4 is 5.97 Å². The van der Waals surface area contributed by atoms with Crippen LogP contribution >= 0.6 is 0 Å². The Bertz CT molecular complexity index is 285. The number of hydrogen-bond acceptors (Lipinski definition) is 4. The van der Waals surface area contributed by atoms with E-state index in [9.17, 15) is 4.79 Å². The second-order valence-corrected chi connectivity index (χ2v) is 4.20. The van der Waals surface area contributed by atoms with E-state index in [0.29, 0.717) is 19.7 Å². The van der Waals surface area contributed by atoms with E-state index in [1.165, 1.54) is 0 Å². The molecule has 0 radical (unpaired) electrons. The molecule has 1 saturated heterocycles. The lowest BCUT2D eigenvalue weighted by atomic mass is 9.89. The van der Waals surface area contributed by atoms with E-state index in [2.05, 4.69) is 16.1 Å². The molecule has 1 rings (SSSR count). The second kappa shape index (κ2) is 5.88. The lowest BCUT2D eigenvalue weighted by Crippen LogP contribution is -2.61. The minimum absolute atomic E-state index is 0.184. The molecule has 4 nitrogen and oxygen atoms in total. The SMILES string of the molecule is C#CCNC1(C(=O)OCC)CCCN(C)C1. The Morgan fingerprint density at radius 1 is 1.69 bits per heavy atom. The van der Waals surface area contributed by atoms with E-state index in [1.54, 1.807) is 0 Å². The van der Waals surface area contributed by atoms with Gasteiger partial charge < -0.3 is 9.64 Å². The van der Waals surface area contributed by atoms with E-state index >= 15 is 0 Å². The van der Waals surface area contributed by atoms with Crippen LogP contribution in [-0.2, 0) is 9.53 Å². The molecule has 0 bridgehead atoms. The molecule has 4 heteroatoms. The van der Waals surface area contributed by atoms with E-state index < -0.39 is 5.54 Å². The quantitative estimate of drug-likeness (QED) is 0.548. The van der Waals surface area contributed by atoms with Crippen molar-refractivity contribution in [1.82, 2.24) is 10.2 Å². The van der Waals surface area contributed by atoms with Crippen molar-refractivity contribution in [3.05, 3.63) is 0 Å². The van der Waals surface area contributed by atoms with Crippen molar-refractivity contribution in [3.63, 3.8) is 0 Å². The number of hydrogen-bond donors (Lipinski definition) is 1. The third-order valence-electron chi connectivity index (χ3n) is 2.88. The van der Waals surface area contributed by atoms with E-state index in [4.69, 9.17) is 11.2 Å². The monoisotopic (exact) mass is 224 g/mol. The molecule has 0 aromatic carbocycles. The maximum absolute atomic E-state index is 12.0. The Labute approximate surface area is 97.3 Å². The zero-order valence-corrected chi connectivity index (χ0v) is 10.1. The highest BCUT2D eigenvalue weighted by Crippen LogP contribution is 2.21. The van der Waals surface area contributed by atoms with Crippen molar-refractivity contribution in [1.29, 1.82) is 0 Å². The number of nitrogens with zero attached hydrogens (tertiary/aromatic N) is 1. The molecule has 0 spiro atoms. The first-order valence-corrected chi connectivity index (χ1v) is 5.69. The molecular formula is C12H20N2O2. The molecule has 1 aliphatic rings. The van der Waals surface area contributed by atoms with Crippen molar-refractivity contribution in [2.45, 2.75) is 25.3 Å². The molecule has 90 valence electrons. The average Bonchev–Trinajstić information content (AvgIpc) is 2.27. The van der Waals surface area contributed by atoms with Crippen LogP contribution in [0.2, 0.25) is 0 Å². The van der Waals surface area contributed by atoms with Crippen LogP contribution in [0.15, 0.2) is 0 Å². The summed E-state index contributed by atoms with van der Waals surface area (Å²) in [6.45, 7) is 4.29. The van der Waals surface area contributed by atoms with Gasteiger partial charge in [0, 0.05) is 6.54 Å². The largest absolute Gasteiger partial charge is 0.465 e. The first-order valence-electron chi connectivity index (χ1n) is 5.69. The fourth-order valence-corrected chi connectivity index (χ4v) is 2.14. The normalized spacial score (nSPS) is 26.1. The van der Waals surface area contributed by atoms with Gasteiger partial charge in [0.15, 0.2) is 0 Å². The number of rotatable bonds is 4. The minimum atomic E-state index is -0.616. The summed E-state index contributed by atoms with van der Waals surface area (Å²) in [5, 5.41) is 3.15. The van der Waals surface area contributed by atoms with Gasteiger partial charge in [-0.15, -0.1) is 6.42 Å². The summed E-state index contributed by atoms with van der Waals surface area (Å²) in [6, 6.07) is 0. The van der Waals surface area contributed by atoms with E-state index in [-0.39, 0.29) is 5.97 Å². The van der Waals surface area contributed by atoms with Crippen LogP contribution in [0.25, 0.3) is 0 Å². The van der Waals surface area contributed by atoms with Gasteiger partial charge in [-0.25, -0.2) is 4.79 Å². The number of terminal acetylenes is 1. The third-order valence-corrected chi connectivity index (χ3v) is 2.88. The maximum Gasteiger partial charge on any atom is 0.327 e. The number of nitrogens with one attached hydrogen (secondary N) is 1. The second-order valence-electron chi connectivity index (χ2n) is 4.20. The van der Waals surface area contributed by atoms with Crippen LogP contribution in [-0.4, -0.2) is 49.7 Å². The number of ether oxygens (including phenoxy) is 1. The fourth-order valence-electron chi connectivity index (χ4n) is 2.14. The first kappa shape index (κ1) is 13.0. The number of carbonyl (C=O) groups is 1. The smallest absolute Gasteiger partial charge is 0.327 e. The number of likely N-dealkylation sites (tertiary alicyclic amines) is 1. The molecule has 1 fully saturated rings. The highest BCUT2D eigenvalue weighted by atomic mass is 16.5. The van der Waals surface area contributed by atoms with Gasteiger partial charge >= 0.3 is 5.97 Å². The number of esters is 1. The molecule has 16 heavy (non-hydrogen) atoms. The van der Waals surface area contributed by atoms with E-state index in [1.807, 2.05) is 14.0 Å². The van der Waals surface area contributed by atoms with Gasteiger partial charge in [-0.3, -0.25) is 5.32 Å². The lowest BCUT2D eigenvalue weighted by Gasteiger charge is -2.39. The number of carbonyl (C=O) groups excluding carboxylic acids is 1. The van der Waals surface area contributed by atoms with Crippen LogP contribution in [0.3, 0.4) is 0 Å². The zero-order valence-electron chi connectivity index (χ0n) is 10.1. The predicted molar refractivity (Wildman–Crippen MR) is 62.9 cm³/mol. The highest BCUT2D eigenvalue weighted by molar-refractivity contribution is 5.81. The Kier molecular flexibility index (Phi) is 4.78. The standard InChI is InChI=1S/C12H20N2O2/c1-4-8-13-12(11(15)16-5-2)7-6-9-14(3)10-12/h1,13H,5-10H2,2-3H3. The summed E-state index contributed by atoms with van der Waals surface area (Å²) < 4.78 is 5.13. The molecule has 1 aliphatic heterocycles. The molecule has 0 amide bonds. The highest BCUT2D eigenvalue weighted by Gasteiger charge is 2.42. The predicted octanol–water partition coefficient (Wildman–Crippen LogP) is 0.237. The van der Waals surface area contributed by atoms with Crippen LogP contribution in [0.4, 0.5) is 0 Å². The summed E-state index contributed by atoms with van der Waals surface area (Å²) in [5.74, 6) is 2.33. The lowest BCUT2D eigenvalue weighted by molar-refractivity contribution is -0.153. The summed E-state index contributed by atoms with van der Waals surface area (Å²) in [5.41, 5.74) is -0.616. The summed E-state index contributed by atoms with van der Waals surface area (Å²) in [4.78, 5) is 14.1. The van der Waals surface area contributed by atoms with Crippen LogP contribution in [0, 0.1) is 12.3 Å². The van der Waals surface area contributed by atoms with Gasteiger partial charge in [0.05, 0.1) is 13.2 Å². The average molecular weight is 224 g/mol. The minimum Gasteiger partial charge on any atom is -0.465 e. The molecule has 1 unspecified atom stereocenters. The molecule has 0 aromatic rings. The van der Waals surface area contributed by atoms with Gasteiger partial charge in [-0.1, -0.05) is 5.92 Å². The van der Waals surface area contributed by atoms with Gasteiger partial charge in [0.2, 0.25) is 0 Å². The summed E-state index contributed by atoms with van der Waals surface area (Å²) in [6.07, 6.45) is 7.00. The molecule has 0 aliphatic carbocycles. The third kappa shape index (κ3) is 2.97. The van der Waals surface area contributed by atoms with Gasteiger partial charge in [0.25, 0.3) is 0 Å².